The molecule has 0 radical (unpaired) electrons. The van der Waals surface area contributed by atoms with Gasteiger partial charge in [0.25, 0.3) is 11.1 Å². The standard InChI is InChI=1S/C27H30BrN3O3S/c1-6-31-22-11-16(2)18(12-21(22)17(3)14-27(31,4)5)13-23-25(33)30(26(34)35-23)15-24(32)29-20-9-7-19(28)8-10-20/h7-13,17H,6,14-15H2,1-5H3,(H,29,32)/b23-13-/t17-/m0/s1. The first-order valence-electron chi connectivity index (χ1n) is 11.7. The topological polar surface area (TPSA) is 69.7 Å². The monoisotopic (exact) mass is 555 g/mol. The Morgan fingerprint density at radius 3 is 2.57 bits per heavy atom. The Kier molecular flexibility index (Phi) is 7.16. The average molecular weight is 557 g/mol. The Hall–Kier alpha value is -2.58. The molecule has 0 aromatic heterocycles. The van der Waals surface area contributed by atoms with E-state index in [1.54, 1.807) is 30.3 Å². The van der Waals surface area contributed by atoms with Gasteiger partial charge < -0.3 is 10.2 Å². The van der Waals surface area contributed by atoms with Crippen LogP contribution < -0.4 is 10.2 Å². The van der Waals surface area contributed by atoms with Gasteiger partial charge in [0.15, 0.2) is 0 Å². The number of rotatable bonds is 5. The number of aryl methyl sites for hydroxylation is 1. The molecule has 0 spiro atoms. The van der Waals surface area contributed by atoms with E-state index in [-0.39, 0.29) is 12.1 Å². The van der Waals surface area contributed by atoms with E-state index in [1.165, 1.54) is 11.3 Å². The molecule has 184 valence electrons. The molecule has 0 unspecified atom stereocenters. The Morgan fingerprint density at radius 2 is 1.91 bits per heavy atom. The first kappa shape index (κ1) is 25.5. The van der Waals surface area contributed by atoms with E-state index in [0.29, 0.717) is 16.5 Å². The molecular weight excluding hydrogens is 526 g/mol. The largest absolute Gasteiger partial charge is 0.366 e. The highest BCUT2D eigenvalue weighted by molar-refractivity contribution is 9.10. The molecule has 2 aliphatic heterocycles. The number of halogens is 1. The number of carbonyl (C=O) groups is 3. The molecule has 1 fully saturated rings. The van der Waals surface area contributed by atoms with Gasteiger partial charge in [-0.15, -0.1) is 0 Å². The zero-order valence-corrected chi connectivity index (χ0v) is 23.0. The van der Waals surface area contributed by atoms with Crippen molar-refractivity contribution >= 4 is 62.2 Å². The third kappa shape index (κ3) is 5.19. The van der Waals surface area contributed by atoms with Crippen molar-refractivity contribution in [2.24, 2.45) is 0 Å². The predicted molar refractivity (Wildman–Crippen MR) is 147 cm³/mol. The molecule has 0 aliphatic carbocycles. The lowest BCUT2D eigenvalue weighted by molar-refractivity contribution is -0.127. The second kappa shape index (κ2) is 9.82. The maximum atomic E-state index is 13.0. The second-order valence-corrected chi connectivity index (χ2v) is 11.7. The van der Waals surface area contributed by atoms with Crippen LogP contribution in [0.5, 0.6) is 0 Å². The molecule has 1 N–H and O–H groups in total. The molecular formula is C27H30BrN3O3S. The van der Waals surface area contributed by atoms with Gasteiger partial charge in [0.05, 0.1) is 4.91 Å². The van der Waals surface area contributed by atoms with Gasteiger partial charge in [-0.1, -0.05) is 22.9 Å². The summed E-state index contributed by atoms with van der Waals surface area (Å²) in [4.78, 5) is 41.8. The first-order valence-corrected chi connectivity index (χ1v) is 13.3. The van der Waals surface area contributed by atoms with E-state index in [4.69, 9.17) is 0 Å². The van der Waals surface area contributed by atoms with Crippen LogP contribution in [0.2, 0.25) is 0 Å². The Morgan fingerprint density at radius 1 is 1.23 bits per heavy atom. The minimum Gasteiger partial charge on any atom is -0.366 e. The van der Waals surface area contributed by atoms with Gasteiger partial charge in [-0.05, 0) is 111 Å². The van der Waals surface area contributed by atoms with Crippen LogP contribution in [0.25, 0.3) is 6.08 Å². The van der Waals surface area contributed by atoms with Crippen LogP contribution in [-0.2, 0) is 9.59 Å². The van der Waals surface area contributed by atoms with Crippen molar-refractivity contribution in [3.8, 4) is 0 Å². The number of benzene rings is 2. The van der Waals surface area contributed by atoms with Crippen LogP contribution >= 0.6 is 27.7 Å². The van der Waals surface area contributed by atoms with Crippen molar-refractivity contribution in [1.82, 2.24) is 4.90 Å². The molecule has 2 aliphatic rings. The molecule has 3 amide bonds. The number of anilines is 2. The number of nitrogens with zero attached hydrogens (tertiary/aromatic N) is 2. The summed E-state index contributed by atoms with van der Waals surface area (Å²) in [5.41, 5.74) is 5.15. The van der Waals surface area contributed by atoms with Crippen molar-refractivity contribution < 1.29 is 14.4 Å². The van der Waals surface area contributed by atoms with E-state index in [9.17, 15) is 14.4 Å². The zero-order valence-electron chi connectivity index (χ0n) is 20.6. The highest BCUT2D eigenvalue weighted by Crippen LogP contribution is 2.45. The molecule has 4 rings (SSSR count). The van der Waals surface area contributed by atoms with E-state index in [0.717, 1.165) is 45.2 Å². The van der Waals surface area contributed by atoms with Crippen molar-refractivity contribution in [2.45, 2.75) is 52.5 Å². The van der Waals surface area contributed by atoms with E-state index in [1.807, 2.05) is 6.92 Å². The van der Waals surface area contributed by atoms with Crippen LogP contribution in [-0.4, -0.2) is 40.6 Å². The molecule has 8 heteroatoms. The van der Waals surface area contributed by atoms with Crippen molar-refractivity contribution in [2.75, 3.05) is 23.3 Å². The summed E-state index contributed by atoms with van der Waals surface area (Å²) in [5.74, 6) is -0.475. The summed E-state index contributed by atoms with van der Waals surface area (Å²) in [6.07, 6.45) is 2.83. The number of imide groups is 1. The van der Waals surface area contributed by atoms with Gasteiger partial charge in [-0.3, -0.25) is 19.3 Å². The van der Waals surface area contributed by atoms with Crippen LogP contribution in [0.15, 0.2) is 45.8 Å². The highest BCUT2D eigenvalue weighted by Gasteiger charge is 2.38. The van der Waals surface area contributed by atoms with Gasteiger partial charge in [0.2, 0.25) is 5.91 Å². The quantitative estimate of drug-likeness (QED) is 0.424. The number of nitrogens with one attached hydrogen (secondary N) is 1. The molecule has 2 aromatic carbocycles. The fraction of sp³-hybridized carbons (Fsp3) is 0.370. The lowest BCUT2D eigenvalue weighted by Crippen LogP contribution is -2.48. The van der Waals surface area contributed by atoms with Gasteiger partial charge in [0, 0.05) is 27.9 Å². The predicted octanol–water partition coefficient (Wildman–Crippen LogP) is 6.54. The van der Waals surface area contributed by atoms with E-state index >= 15 is 0 Å². The van der Waals surface area contributed by atoms with Crippen molar-refractivity contribution in [3.63, 3.8) is 0 Å². The fourth-order valence-corrected chi connectivity index (χ4v) is 6.15. The summed E-state index contributed by atoms with van der Waals surface area (Å²) in [5, 5.41) is 2.29. The lowest BCUT2D eigenvalue weighted by atomic mass is 9.79. The zero-order chi connectivity index (χ0) is 25.5. The summed E-state index contributed by atoms with van der Waals surface area (Å²) in [6, 6.07) is 11.5. The molecule has 2 aromatic rings. The first-order chi connectivity index (χ1) is 16.5. The number of hydrogen-bond acceptors (Lipinski definition) is 5. The third-order valence-corrected chi connectivity index (χ3v) is 8.12. The number of carbonyl (C=O) groups excluding carboxylic acids is 3. The number of thioether (sulfide) groups is 1. The number of fused-ring (bicyclic) bond motifs is 1. The van der Waals surface area contributed by atoms with Crippen molar-refractivity contribution in [3.05, 3.63) is 62.5 Å². The fourth-order valence-electron chi connectivity index (χ4n) is 5.06. The SMILES string of the molecule is CCN1c2cc(C)c(/C=C3\SC(=O)N(CC(=O)Nc4ccc(Br)cc4)C3=O)cc2[C@@H](C)CC1(C)C. The van der Waals surface area contributed by atoms with Crippen LogP contribution in [0.1, 0.15) is 56.7 Å². The van der Waals surface area contributed by atoms with Crippen LogP contribution in [0, 0.1) is 6.92 Å². The lowest BCUT2D eigenvalue weighted by Gasteiger charge is -2.47. The van der Waals surface area contributed by atoms with Gasteiger partial charge in [0.1, 0.15) is 6.54 Å². The minimum absolute atomic E-state index is 0.0780. The normalized spacial score (nSPS) is 20.4. The maximum Gasteiger partial charge on any atom is 0.294 e. The maximum absolute atomic E-state index is 13.0. The molecule has 1 saturated heterocycles. The summed E-state index contributed by atoms with van der Waals surface area (Å²) < 4.78 is 0.893. The highest BCUT2D eigenvalue weighted by atomic mass is 79.9. The van der Waals surface area contributed by atoms with Crippen LogP contribution in [0.3, 0.4) is 0 Å². The van der Waals surface area contributed by atoms with Gasteiger partial charge in [-0.25, -0.2) is 0 Å². The molecule has 2 heterocycles. The summed E-state index contributed by atoms with van der Waals surface area (Å²) in [6.45, 7) is 11.6. The molecule has 6 nitrogen and oxygen atoms in total. The molecule has 0 bridgehead atoms. The Bertz CT molecular complexity index is 1220. The molecule has 1 atom stereocenters. The van der Waals surface area contributed by atoms with E-state index < -0.39 is 17.1 Å². The van der Waals surface area contributed by atoms with Crippen molar-refractivity contribution in [1.29, 1.82) is 0 Å². The number of amides is 3. The van der Waals surface area contributed by atoms with E-state index in [2.05, 4.69) is 66.0 Å². The molecule has 35 heavy (non-hydrogen) atoms. The molecule has 0 saturated carbocycles. The second-order valence-electron chi connectivity index (χ2n) is 9.75. The summed E-state index contributed by atoms with van der Waals surface area (Å²) in [7, 11) is 0. The van der Waals surface area contributed by atoms with Gasteiger partial charge in [-0.2, -0.15) is 0 Å². The third-order valence-electron chi connectivity index (χ3n) is 6.68. The average Bonchev–Trinajstić information content (AvgIpc) is 3.03. The van der Waals surface area contributed by atoms with Crippen LogP contribution in [0.4, 0.5) is 16.2 Å². The Labute approximate surface area is 219 Å². The Balaban J connectivity index is 1.55. The van der Waals surface area contributed by atoms with Gasteiger partial charge >= 0.3 is 0 Å². The summed E-state index contributed by atoms with van der Waals surface area (Å²) >= 11 is 4.23. The minimum atomic E-state index is -0.438. The number of hydrogen-bond donors (Lipinski definition) is 1. The smallest absolute Gasteiger partial charge is 0.294 e.